The molecule has 0 saturated carbocycles. The summed E-state index contributed by atoms with van der Waals surface area (Å²) in [6.45, 7) is 5.30. The first kappa shape index (κ1) is 31.9. The molecule has 43 heavy (non-hydrogen) atoms. The van der Waals surface area contributed by atoms with Crippen molar-refractivity contribution in [2.45, 2.75) is 45.3 Å². The van der Waals surface area contributed by atoms with Gasteiger partial charge in [-0.3, -0.25) is 9.69 Å². The van der Waals surface area contributed by atoms with E-state index in [1.165, 1.54) is 23.0 Å². The van der Waals surface area contributed by atoms with Gasteiger partial charge in [0.1, 0.15) is 27.9 Å². The van der Waals surface area contributed by atoms with E-state index in [1.54, 1.807) is 6.92 Å². The molecule has 0 spiro atoms. The van der Waals surface area contributed by atoms with E-state index in [4.69, 9.17) is 14.6 Å². The highest BCUT2D eigenvalue weighted by Crippen LogP contribution is 2.26. The fraction of sp³-hybridized carbons (Fsp3) is 0.343. The van der Waals surface area contributed by atoms with Crippen LogP contribution in [0.15, 0.2) is 78.9 Å². The van der Waals surface area contributed by atoms with Gasteiger partial charge in [-0.1, -0.05) is 60.5 Å². The average Bonchev–Trinajstić information content (AvgIpc) is 2.99. The van der Waals surface area contributed by atoms with Crippen LogP contribution in [0, 0.1) is 11.8 Å². The lowest BCUT2D eigenvalue weighted by Gasteiger charge is -2.26. The summed E-state index contributed by atoms with van der Waals surface area (Å²) >= 11 is 0. The molecular weight excluding hydrogens is 562 g/mol. The van der Waals surface area contributed by atoms with Crippen molar-refractivity contribution in [3.8, 4) is 23.3 Å². The van der Waals surface area contributed by atoms with Crippen molar-refractivity contribution in [2.75, 3.05) is 31.7 Å². The lowest BCUT2D eigenvalue weighted by atomic mass is 9.96. The van der Waals surface area contributed by atoms with Gasteiger partial charge in [0.25, 0.3) is 0 Å². The molecular formula is C35H39NO6S. The molecule has 3 aromatic rings. The summed E-state index contributed by atoms with van der Waals surface area (Å²) in [7, 11) is -2.96. The van der Waals surface area contributed by atoms with Crippen LogP contribution in [0.4, 0.5) is 0 Å². The Morgan fingerprint density at radius 2 is 1.60 bits per heavy atom. The molecule has 0 saturated heterocycles. The molecule has 1 aliphatic rings. The lowest BCUT2D eigenvalue weighted by molar-refractivity contribution is -0.137. The summed E-state index contributed by atoms with van der Waals surface area (Å²) in [5, 5.41) is 9.14. The number of carbonyl (C=O) groups is 1. The smallest absolute Gasteiger partial charge is 0.304 e. The van der Waals surface area contributed by atoms with Crippen LogP contribution >= 0.6 is 0 Å². The predicted octanol–water partition coefficient (Wildman–Crippen LogP) is 5.95. The van der Waals surface area contributed by atoms with Crippen LogP contribution in [0.3, 0.4) is 0 Å². The Morgan fingerprint density at radius 3 is 2.21 bits per heavy atom. The van der Waals surface area contributed by atoms with Crippen LogP contribution in [0.5, 0.6) is 11.5 Å². The fourth-order valence-electron chi connectivity index (χ4n) is 4.96. The standard InChI is InChI=1S/C35H39NO6S/c1-3-5-32(24-35(37)38)30-12-16-34(17-13-30)42-26-28-8-6-27(7-9-28)25-36-20-18-31(19-21-36)29-10-14-33(15-11-29)41-22-4-23-43(2,39)40/h6-18,32H,4,19-26H2,1-2H3,(H,37,38). The van der Waals surface area contributed by atoms with Gasteiger partial charge in [0.2, 0.25) is 0 Å². The van der Waals surface area contributed by atoms with E-state index in [-0.39, 0.29) is 18.1 Å². The number of aliphatic carboxylic acids is 1. The third-order valence-electron chi connectivity index (χ3n) is 7.26. The number of ether oxygens (including phenoxy) is 2. The second-order valence-electron chi connectivity index (χ2n) is 10.8. The molecule has 0 fully saturated rings. The molecule has 1 unspecified atom stereocenters. The molecule has 1 heterocycles. The molecule has 0 bridgehead atoms. The topological polar surface area (TPSA) is 93.1 Å². The SMILES string of the molecule is CC#CC(CC(=O)O)c1ccc(OCc2ccc(CN3CC=C(c4ccc(OCCCS(C)(=O)=O)cc4)CC3)cc2)cc1. The first-order chi connectivity index (χ1) is 20.7. The highest BCUT2D eigenvalue weighted by atomic mass is 32.2. The number of hydrogen-bond donors (Lipinski definition) is 1. The number of rotatable bonds is 14. The largest absolute Gasteiger partial charge is 0.494 e. The Bertz CT molecular complexity index is 1550. The Kier molecular flexibility index (Phi) is 11.4. The van der Waals surface area contributed by atoms with Crippen LogP contribution in [-0.2, 0) is 27.8 Å². The maximum Gasteiger partial charge on any atom is 0.304 e. The molecule has 4 rings (SSSR count). The van der Waals surface area contributed by atoms with Crippen molar-refractivity contribution in [1.29, 1.82) is 0 Å². The molecule has 7 nitrogen and oxygen atoms in total. The van der Waals surface area contributed by atoms with Gasteiger partial charge in [0, 0.05) is 25.9 Å². The maximum atomic E-state index is 11.2. The van der Waals surface area contributed by atoms with E-state index in [0.717, 1.165) is 48.7 Å². The van der Waals surface area contributed by atoms with E-state index in [0.29, 0.717) is 19.6 Å². The van der Waals surface area contributed by atoms with E-state index in [9.17, 15) is 13.2 Å². The van der Waals surface area contributed by atoms with Crippen molar-refractivity contribution in [3.05, 3.63) is 101 Å². The normalized spacial score (nSPS) is 14.2. The molecule has 226 valence electrons. The molecule has 0 aromatic heterocycles. The minimum Gasteiger partial charge on any atom is -0.494 e. The van der Waals surface area contributed by atoms with E-state index in [1.807, 2.05) is 36.4 Å². The summed E-state index contributed by atoms with van der Waals surface area (Å²) in [5.74, 6) is 6.21. The molecule has 1 atom stereocenters. The second kappa shape index (κ2) is 15.4. The quantitative estimate of drug-likeness (QED) is 0.180. The van der Waals surface area contributed by atoms with Gasteiger partial charge < -0.3 is 14.6 Å². The Balaban J connectivity index is 1.21. The van der Waals surface area contributed by atoms with Gasteiger partial charge in [0.05, 0.1) is 24.7 Å². The highest BCUT2D eigenvalue weighted by Gasteiger charge is 2.15. The van der Waals surface area contributed by atoms with Gasteiger partial charge in [-0.25, -0.2) is 8.42 Å². The van der Waals surface area contributed by atoms with Crippen LogP contribution in [-0.4, -0.2) is 56.1 Å². The summed E-state index contributed by atoms with van der Waals surface area (Å²) in [4.78, 5) is 13.6. The monoisotopic (exact) mass is 601 g/mol. The van der Waals surface area contributed by atoms with Gasteiger partial charge in [-0.05, 0) is 71.9 Å². The Hall–Kier alpha value is -4.06. The van der Waals surface area contributed by atoms with Crippen LogP contribution in [0.2, 0.25) is 0 Å². The second-order valence-corrected chi connectivity index (χ2v) is 13.0. The molecule has 8 heteroatoms. The Labute approximate surface area is 255 Å². The fourth-order valence-corrected chi connectivity index (χ4v) is 5.60. The van der Waals surface area contributed by atoms with Crippen molar-refractivity contribution < 1.29 is 27.8 Å². The van der Waals surface area contributed by atoms with Crippen molar-refractivity contribution in [2.24, 2.45) is 0 Å². The number of nitrogens with zero attached hydrogens (tertiary/aromatic N) is 1. The molecule has 1 aliphatic heterocycles. The maximum absolute atomic E-state index is 11.2. The van der Waals surface area contributed by atoms with Gasteiger partial charge in [-0.2, -0.15) is 0 Å². The summed E-state index contributed by atoms with van der Waals surface area (Å²) in [5.41, 5.74) is 5.73. The van der Waals surface area contributed by atoms with Crippen LogP contribution in [0.1, 0.15) is 54.4 Å². The van der Waals surface area contributed by atoms with Crippen LogP contribution < -0.4 is 9.47 Å². The zero-order valence-electron chi connectivity index (χ0n) is 24.8. The molecule has 3 aromatic carbocycles. The van der Waals surface area contributed by atoms with Crippen molar-refractivity contribution in [1.82, 2.24) is 4.90 Å². The minimum atomic E-state index is -2.96. The number of hydrogen-bond acceptors (Lipinski definition) is 6. The Morgan fingerprint density at radius 1 is 0.953 bits per heavy atom. The van der Waals surface area contributed by atoms with Gasteiger partial charge in [0.15, 0.2) is 0 Å². The highest BCUT2D eigenvalue weighted by molar-refractivity contribution is 7.90. The number of sulfone groups is 1. The molecule has 0 radical (unpaired) electrons. The third kappa shape index (κ3) is 10.6. The van der Waals surface area contributed by atoms with Gasteiger partial charge in [-0.15, -0.1) is 5.92 Å². The zero-order chi connectivity index (χ0) is 30.7. The van der Waals surface area contributed by atoms with Crippen molar-refractivity contribution in [3.63, 3.8) is 0 Å². The van der Waals surface area contributed by atoms with Gasteiger partial charge >= 0.3 is 5.97 Å². The zero-order valence-corrected chi connectivity index (χ0v) is 25.6. The molecule has 0 amide bonds. The molecule has 1 N–H and O–H groups in total. The minimum absolute atomic E-state index is 0.0230. The summed E-state index contributed by atoms with van der Waals surface area (Å²) in [6, 6.07) is 24.0. The van der Waals surface area contributed by atoms with Crippen LogP contribution in [0.25, 0.3) is 5.57 Å². The average molecular weight is 602 g/mol. The van der Waals surface area contributed by atoms with E-state index < -0.39 is 15.8 Å². The summed E-state index contributed by atoms with van der Waals surface area (Å²) in [6.07, 6.45) is 4.97. The number of carboxylic acid groups (broad SMARTS) is 1. The van der Waals surface area contributed by atoms with E-state index >= 15 is 0 Å². The first-order valence-corrected chi connectivity index (χ1v) is 16.5. The summed E-state index contributed by atoms with van der Waals surface area (Å²) < 4.78 is 34.1. The third-order valence-corrected chi connectivity index (χ3v) is 8.29. The lowest BCUT2D eigenvalue weighted by Crippen LogP contribution is -2.28. The first-order valence-electron chi connectivity index (χ1n) is 14.5. The predicted molar refractivity (Wildman–Crippen MR) is 170 cm³/mol. The number of carboxylic acids is 1. The van der Waals surface area contributed by atoms with Crippen molar-refractivity contribution >= 4 is 21.4 Å². The van der Waals surface area contributed by atoms with E-state index in [2.05, 4.69) is 59.2 Å². The molecule has 0 aliphatic carbocycles. The number of benzene rings is 3.